The topological polar surface area (TPSA) is 52.4 Å². The van der Waals surface area contributed by atoms with Crippen LogP contribution in [0.25, 0.3) is 0 Å². The Morgan fingerprint density at radius 1 is 1.25 bits per heavy atom. The molecular formula is C19H28N4O. The molecule has 2 heterocycles. The van der Waals surface area contributed by atoms with Crippen molar-refractivity contribution in [3.63, 3.8) is 0 Å². The normalized spacial score (nSPS) is 29.6. The smallest absolute Gasteiger partial charge is 0.147 e. The minimum absolute atomic E-state index is 0.295. The van der Waals surface area contributed by atoms with E-state index in [4.69, 9.17) is 9.72 Å². The van der Waals surface area contributed by atoms with Crippen molar-refractivity contribution < 1.29 is 4.74 Å². The van der Waals surface area contributed by atoms with Crippen LogP contribution in [0.4, 0.5) is 5.82 Å². The first-order chi connectivity index (χ1) is 11.4. The highest BCUT2D eigenvalue weighted by atomic mass is 16.5. The zero-order valence-corrected chi connectivity index (χ0v) is 15.4. The number of hydrogen-bond donors (Lipinski definition) is 0. The second-order valence-corrected chi connectivity index (χ2v) is 7.59. The average molecular weight is 328 g/mol. The molecule has 24 heavy (non-hydrogen) atoms. The van der Waals surface area contributed by atoms with Crippen LogP contribution in [-0.4, -0.2) is 56.3 Å². The zero-order valence-electron chi connectivity index (χ0n) is 15.4. The van der Waals surface area contributed by atoms with Crippen molar-refractivity contribution in [1.29, 1.82) is 5.26 Å². The summed E-state index contributed by atoms with van der Waals surface area (Å²) in [7, 11) is 6.11. The Balaban J connectivity index is 1.85. The van der Waals surface area contributed by atoms with Gasteiger partial charge in [0.15, 0.2) is 0 Å². The van der Waals surface area contributed by atoms with E-state index in [1.807, 2.05) is 27.0 Å². The zero-order chi connectivity index (χ0) is 17.4. The van der Waals surface area contributed by atoms with Crippen LogP contribution in [0.2, 0.25) is 0 Å². The summed E-state index contributed by atoms with van der Waals surface area (Å²) in [6, 6.07) is 4.82. The Labute approximate surface area is 145 Å². The molecule has 130 valence electrons. The van der Waals surface area contributed by atoms with Gasteiger partial charge in [0.05, 0.1) is 11.7 Å². The molecular weight excluding hydrogens is 300 g/mol. The lowest BCUT2D eigenvalue weighted by Gasteiger charge is -2.40. The molecule has 0 amide bonds. The van der Waals surface area contributed by atoms with Crippen molar-refractivity contribution in [1.82, 2.24) is 9.88 Å². The summed E-state index contributed by atoms with van der Waals surface area (Å²) < 4.78 is 5.77. The number of likely N-dealkylation sites (N-methyl/N-ethyl adjacent to an activating group) is 1. The number of hydrogen-bond acceptors (Lipinski definition) is 5. The molecule has 0 bridgehead atoms. The number of nitriles is 1. The molecule has 0 unspecified atom stereocenters. The van der Waals surface area contributed by atoms with Gasteiger partial charge in [-0.2, -0.15) is 5.26 Å². The third-order valence-corrected chi connectivity index (χ3v) is 5.79. The number of methoxy groups -OCH3 is 1. The van der Waals surface area contributed by atoms with Gasteiger partial charge in [-0.25, -0.2) is 4.98 Å². The fourth-order valence-electron chi connectivity index (χ4n) is 4.54. The summed E-state index contributed by atoms with van der Waals surface area (Å²) in [6.45, 7) is 5.98. The lowest BCUT2D eigenvalue weighted by molar-refractivity contribution is -0.0209. The molecule has 0 spiro atoms. The van der Waals surface area contributed by atoms with Crippen molar-refractivity contribution in [2.75, 3.05) is 39.2 Å². The highest BCUT2D eigenvalue weighted by Gasteiger charge is 2.43. The molecule has 1 aromatic rings. The molecule has 2 fully saturated rings. The van der Waals surface area contributed by atoms with E-state index >= 15 is 0 Å². The van der Waals surface area contributed by atoms with E-state index < -0.39 is 0 Å². The Morgan fingerprint density at radius 2 is 1.92 bits per heavy atom. The quantitative estimate of drug-likeness (QED) is 0.852. The minimum Gasteiger partial charge on any atom is -0.380 e. The summed E-state index contributed by atoms with van der Waals surface area (Å²) in [5.74, 6) is 2.15. The van der Waals surface area contributed by atoms with E-state index in [1.165, 1.54) is 0 Å². The summed E-state index contributed by atoms with van der Waals surface area (Å²) in [6.07, 6.45) is 2.54. The maximum atomic E-state index is 9.56. The van der Waals surface area contributed by atoms with Crippen LogP contribution < -0.4 is 4.90 Å². The van der Waals surface area contributed by atoms with Crippen molar-refractivity contribution >= 4 is 5.82 Å². The Bertz CT molecular complexity index is 652. The maximum absolute atomic E-state index is 9.56. The first kappa shape index (κ1) is 17.2. The van der Waals surface area contributed by atoms with Gasteiger partial charge in [0.2, 0.25) is 0 Å². The first-order valence-electron chi connectivity index (χ1n) is 8.77. The van der Waals surface area contributed by atoms with Crippen LogP contribution >= 0.6 is 0 Å². The second kappa shape index (κ2) is 6.70. The number of aryl methyl sites for hydroxylation is 2. The third-order valence-electron chi connectivity index (χ3n) is 5.79. The number of nitrogens with zero attached hydrogens (tertiary/aromatic N) is 4. The van der Waals surface area contributed by atoms with Crippen molar-refractivity contribution in [3.8, 4) is 6.07 Å². The fraction of sp³-hybridized carbons (Fsp3) is 0.684. The molecule has 1 aliphatic heterocycles. The number of pyridine rings is 1. The van der Waals surface area contributed by atoms with Crippen LogP contribution in [0.5, 0.6) is 0 Å². The van der Waals surface area contributed by atoms with Gasteiger partial charge in [0.1, 0.15) is 11.9 Å². The maximum Gasteiger partial charge on any atom is 0.147 e. The monoisotopic (exact) mass is 328 g/mol. The highest BCUT2D eigenvalue weighted by molar-refractivity contribution is 5.58. The van der Waals surface area contributed by atoms with Crippen LogP contribution in [0.3, 0.4) is 0 Å². The van der Waals surface area contributed by atoms with Gasteiger partial charge >= 0.3 is 0 Å². The molecule has 0 N–H and O–H groups in total. The van der Waals surface area contributed by atoms with Gasteiger partial charge in [-0.05, 0) is 64.3 Å². The molecule has 5 heteroatoms. The number of rotatable bonds is 3. The van der Waals surface area contributed by atoms with Crippen LogP contribution in [0, 0.1) is 37.0 Å². The van der Waals surface area contributed by atoms with Crippen LogP contribution in [0.15, 0.2) is 6.07 Å². The van der Waals surface area contributed by atoms with Gasteiger partial charge in [-0.3, -0.25) is 0 Å². The lowest BCUT2D eigenvalue weighted by Crippen LogP contribution is -2.47. The highest BCUT2D eigenvalue weighted by Crippen LogP contribution is 2.40. The molecule has 5 nitrogen and oxygen atoms in total. The Kier molecular flexibility index (Phi) is 4.80. The van der Waals surface area contributed by atoms with Gasteiger partial charge in [0, 0.05) is 31.9 Å². The Morgan fingerprint density at radius 3 is 2.50 bits per heavy atom. The van der Waals surface area contributed by atoms with Crippen molar-refractivity contribution in [3.05, 3.63) is 22.9 Å². The molecule has 3 rings (SSSR count). The first-order valence-corrected chi connectivity index (χ1v) is 8.77. The molecule has 4 atom stereocenters. The van der Waals surface area contributed by atoms with Gasteiger partial charge in [-0.15, -0.1) is 0 Å². The van der Waals surface area contributed by atoms with Crippen LogP contribution in [-0.2, 0) is 4.74 Å². The lowest BCUT2D eigenvalue weighted by atomic mass is 9.77. The van der Waals surface area contributed by atoms with E-state index in [2.05, 4.69) is 30.0 Å². The Hall–Kier alpha value is -1.64. The number of aromatic nitrogens is 1. The number of fused-ring (bicyclic) bond motifs is 1. The second-order valence-electron chi connectivity index (χ2n) is 7.59. The number of anilines is 1. The summed E-state index contributed by atoms with van der Waals surface area (Å²) in [5.41, 5.74) is 2.74. The van der Waals surface area contributed by atoms with Crippen LogP contribution in [0.1, 0.15) is 29.7 Å². The van der Waals surface area contributed by atoms with E-state index in [1.54, 1.807) is 0 Å². The van der Waals surface area contributed by atoms with Gasteiger partial charge in [-0.1, -0.05) is 0 Å². The van der Waals surface area contributed by atoms with Crippen molar-refractivity contribution in [2.24, 2.45) is 11.8 Å². The SMILES string of the molecule is CO[C@@H]1C[C@H]2CN(c3nc(C)cc(C)c3C#N)C[C@H]2C[C@H]1N(C)C. The fourth-order valence-corrected chi connectivity index (χ4v) is 4.54. The molecule has 2 aliphatic rings. The summed E-state index contributed by atoms with van der Waals surface area (Å²) in [5, 5.41) is 9.56. The van der Waals surface area contributed by atoms with E-state index in [9.17, 15) is 5.26 Å². The number of ether oxygens (including phenoxy) is 1. The molecule has 1 aromatic heterocycles. The van der Waals surface area contributed by atoms with Crippen molar-refractivity contribution in [2.45, 2.75) is 38.8 Å². The summed E-state index contributed by atoms with van der Waals surface area (Å²) in [4.78, 5) is 9.33. The molecule has 0 radical (unpaired) electrons. The van der Waals surface area contributed by atoms with Gasteiger partial charge < -0.3 is 14.5 Å². The molecule has 1 saturated carbocycles. The summed E-state index contributed by atoms with van der Waals surface area (Å²) >= 11 is 0. The molecule has 0 aromatic carbocycles. The van der Waals surface area contributed by atoms with E-state index in [0.29, 0.717) is 24.0 Å². The minimum atomic E-state index is 0.295. The largest absolute Gasteiger partial charge is 0.380 e. The van der Waals surface area contributed by atoms with Gasteiger partial charge in [0.25, 0.3) is 0 Å². The van der Waals surface area contributed by atoms with E-state index in [-0.39, 0.29) is 0 Å². The molecule has 1 saturated heterocycles. The average Bonchev–Trinajstić information content (AvgIpc) is 2.95. The molecule has 1 aliphatic carbocycles. The predicted molar refractivity (Wildman–Crippen MR) is 95.1 cm³/mol. The third kappa shape index (κ3) is 3.01. The van der Waals surface area contributed by atoms with E-state index in [0.717, 1.165) is 48.6 Å². The standard InChI is InChI=1S/C19H28N4O/c1-12-6-13(2)21-19(16(12)9-20)23-10-14-7-17(22(3)4)18(24-5)8-15(14)11-23/h6,14-15,17-18H,7-8,10-11H2,1-5H3/t14-,15+,17-,18-/m1/s1. The predicted octanol–water partition coefficient (Wildman–Crippen LogP) is 2.36.